The lowest BCUT2D eigenvalue weighted by Crippen LogP contribution is -2.18. The van der Waals surface area contributed by atoms with Crippen molar-refractivity contribution >= 4 is 17.5 Å². The van der Waals surface area contributed by atoms with Crippen LogP contribution in [0.2, 0.25) is 0 Å². The molecule has 0 aromatic carbocycles. The summed E-state index contributed by atoms with van der Waals surface area (Å²) in [6, 6.07) is 5.30. The maximum Gasteiger partial charge on any atom is 0.257 e. The molecule has 2 aromatic rings. The quantitative estimate of drug-likeness (QED) is 0.909. The number of hydrogen-bond donors (Lipinski definition) is 2. The molecule has 0 unspecified atom stereocenters. The molecule has 0 saturated carbocycles. The van der Waals surface area contributed by atoms with Crippen LogP contribution in [0.3, 0.4) is 0 Å². The van der Waals surface area contributed by atoms with Gasteiger partial charge in [0.2, 0.25) is 0 Å². The van der Waals surface area contributed by atoms with Gasteiger partial charge in [0.1, 0.15) is 5.82 Å². The van der Waals surface area contributed by atoms with E-state index in [1.807, 2.05) is 6.07 Å². The Hall–Kier alpha value is -2.37. The Bertz CT molecular complexity index is 654. The van der Waals surface area contributed by atoms with Crippen molar-refractivity contribution in [1.82, 2.24) is 14.8 Å². The second kappa shape index (κ2) is 5.55. The fourth-order valence-corrected chi connectivity index (χ4v) is 1.84. The van der Waals surface area contributed by atoms with Crippen LogP contribution < -0.4 is 10.6 Å². The van der Waals surface area contributed by atoms with Gasteiger partial charge in [-0.1, -0.05) is 20.8 Å². The van der Waals surface area contributed by atoms with Crippen molar-refractivity contribution in [1.29, 1.82) is 0 Å². The summed E-state index contributed by atoms with van der Waals surface area (Å²) in [5, 5.41) is 9.92. The van der Waals surface area contributed by atoms with E-state index < -0.39 is 0 Å². The number of nitrogens with zero attached hydrogens (tertiary/aromatic N) is 3. The van der Waals surface area contributed by atoms with Crippen LogP contribution in [-0.2, 0) is 12.5 Å². The monoisotopic (exact) mass is 287 g/mol. The largest absolute Gasteiger partial charge is 0.373 e. The number of nitrogens with one attached hydrogen (secondary N) is 2. The van der Waals surface area contributed by atoms with Gasteiger partial charge in [-0.05, 0) is 12.1 Å². The predicted octanol–water partition coefficient (Wildman–Crippen LogP) is 2.41. The lowest BCUT2D eigenvalue weighted by Gasteiger charge is -2.19. The summed E-state index contributed by atoms with van der Waals surface area (Å²) < 4.78 is 1.64. The molecule has 0 spiro atoms. The molecule has 21 heavy (non-hydrogen) atoms. The van der Waals surface area contributed by atoms with E-state index in [4.69, 9.17) is 0 Å². The minimum Gasteiger partial charge on any atom is -0.373 e. The first-order chi connectivity index (χ1) is 9.79. The smallest absolute Gasteiger partial charge is 0.257 e. The molecule has 0 radical (unpaired) electrons. The van der Waals surface area contributed by atoms with Crippen molar-refractivity contribution in [2.45, 2.75) is 26.2 Å². The molecule has 0 saturated heterocycles. The topological polar surface area (TPSA) is 71.8 Å². The molecule has 2 rings (SSSR count). The van der Waals surface area contributed by atoms with E-state index in [2.05, 4.69) is 41.5 Å². The summed E-state index contributed by atoms with van der Waals surface area (Å²) in [4.78, 5) is 16.9. The number of aromatic nitrogens is 3. The number of amides is 1. The van der Waals surface area contributed by atoms with Gasteiger partial charge in [0.25, 0.3) is 5.91 Å². The van der Waals surface area contributed by atoms with Crippen molar-refractivity contribution in [3.05, 3.63) is 35.7 Å². The first-order valence-electron chi connectivity index (χ1n) is 6.81. The first kappa shape index (κ1) is 15.0. The first-order valence-corrected chi connectivity index (χ1v) is 6.81. The van der Waals surface area contributed by atoms with Gasteiger partial charge in [-0.2, -0.15) is 5.10 Å². The second-order valence-corrected chi connectivity index (χ2v) is 5.96. The van der Waals surface area contributed by atoms with E-state index in [1.54, 1.807) is 37.1 Å². The molecular weight excluding hydrogens is 266 g/mol. The van der Waals surface area contributed by atoms with Crippen LogP contribution in [0.25, 0.3) is 0 Å². The van der Waals surface area contributed by atoms with Crippen molar-refractivity contribution in [3.8, 4) is 0 Å². The van der Waals surface area contributed by atoms with Crippen LogP contribution in [0.1, 0.15) is 36.8 Å². The summed E-state index contributed by atoms with van der Waals surface area (Å²) in [7, 11) is 3.59. The summed E-state index contributed by atoms with van der Waals surface area (Å²) in [5.74, 6) is 1.01. The van der Waals surface area contributed by atoms with Crippen molar-refractivity contribution < 1.29 is 4.79 Å². The van der Waals surface area contributed by atoms with Crippen LogP contribution in [-0.4, -0.2) is 27.7 Å². The Balaban J connectivity index is 2.31. The zero-order valence-electron chi connectivity index (χ0n) is 13.1. The lowest BCUT2D eigenvalue weighted by atomic mass is 9.90. The van der Waals surface area contributed by atoms with Gasteiger partial charge in [0.05, 0.1) is 0 Å². The van der Waals surface area contributed by atoms with Crippen molar-refractivity contribution in [2.75, 3.05) is 17.7 Å². The fourth-order valence-electron chi connectivity index (χ4n) is 1.84. The van der Waals surface area contributed by atoms with Gasteiger partial charge < -0.3 is 10.6 Å². The number of rotatable bonds is 3. The van der Waals surface area contributed by atoms with E-state index in [-0.39, 0.29) is 11.3 Å². The number of anilines is 2. The normalized spacial score (nSPS) is 11.3. The molecule has 2 N–H and O–H groups in total. The lowest BCUT2D eigenvalue weighted by molar-refractivity contribution is 0.102. The summed E-state index contributed by atoms with van der Waals surface area (Å²) >= 11 is 0. The molecular formula is C15H21N5O. The fraction of sp³-hybridized carbons (Fsp3) is 0.400. The third kappa shape index (κ3) is 3.59. The van der Waals surface area contributed by atoms with E-state index in [0.29, 0.717) is 17.2 Å². The summed E-state index contributed by atoms with van der Waals surface area (Å²) in [6.07, 6.45) is 1.78. The van der Waals surface area contributed by atoms with E-state index in [1.165, 1.54) is 0 Å². The van der Waals surface area contributed by atoms with Gasteiger partial charge >= 0.3 is 0 Å². The standard InChI is InChI=1S/C15H21N5O/c1-15(2,3)11-8-10(9-13(16-4)17-11)14(21)18-12-6-7-20(5)19-12/h6-9H,1-5H3,(H,16,17)(H,18,19,21). The van der Waals surface area contributed by atoms with E-state index in [9.17, 15) is 4.79 Å². The van der Waals surface area contributed by atoms with Crippen molar-refractivity contribution in [2.24, 2.45) is 7.05 Å². The molecule has 0 aliphatic carbocycles. The maximum atomic E-state index is 12.4. The maximum absolute atomic E-state index is 12.4. The molecule has 6 nitrogen and oxygen atoms in total. The molecule has 112 valence electrons. The second-order valence-electron chi connectivity index (χ2n) is 5.96. The molecule has 2 heterocycles. The average molecular weight is 287 g/mol. The number of hydrogen-bond acceptors (Lipinski definition) is 4. The Morgan fingerprint density at radius 1 is 1.24 bits per heavy atom. The number of carbonyl (C=O) groups is 1. The Morgan fingerprint density at radius 3 is 2.48 bits per heavy atom. The van der Waals surface area contributed by atoms with E-state index in [0.717, 1.165) is 5.69 Å². The Kier molecular flexibility index (Phi) is 3.97. The van der Waals surface area contributed by atoms with Gasteiger partial charge in [-0.3, -0.25) is 9.48 Å². The molecule has 6 heteroatoms. The molecule has 0 bridgehead atoms. The summed E-state index contributed by atoms with van der Waals surface area (Å²) in [5.41, 5.74) is 1.29. The third-order valence-electron chi connectivity index (χ3n) is 3.07. The molecule has 0 aliphatic rings. The average Bonchev–Trinajstić information content (AvgIpc) is 2.82. The predicted molar refractivity (Wildman–Crippen MR) is 83.6 cm³/mol. The molecule has 2 aromatic heterocycles. The highest BCUT2D eigenvalue weighted by Gasteiger charge is 2.19. The molecule has 0 atom stereocenters. The minimum atomic E-state index is -0.196. The number of carbonyl (C=O) groups excluding carboxylic acids is 1. The zero-order chi connectivity index (χ0) is 15.6. The highest BCUT2D eigenvalue weighted by atomic mass is 16.1. The SMILES string of the molecule is CNc1cc(C(=O)Nc2ccn(C)n2)cc(C(C)(C)C)n1. The molecule has 0 fully saturated rings. The molecule has 1 amide bonds. The minimum absolute atomic E-state index is 0.132. The van der Waals surface area contributed by atoms with Gasteiger partial charge in [-0.25, -0.2) is 4.98 Å². The van der Waals surface area contributed by atoms with Crippen LogP contribution in [0.15, 0.2) is 24.4 Å². The number of pyridine rings is 1. The third-order valence-corrected chi connectivity index (χ3v) is 3.07. The highest BCUT2D eigenvalue weighted by Crippen LogP contribution is 2.23. The summed E-state index contributed by atoms with van der Waals surface area (Å²) in [6.45, 7) is 6.19. The number of aryl methyl sites for hydroxylation is 1. The molecule has 0 aliphatic heterocycles. The van der Waals surface area contributed by atoms with E-state index >= 15 is 0 Å². The van der Waals surface area contributed by atoms with Crippen molar-refractivity contribution in [3.63, 3.8) is 0 Å². The Labute approximate surface area is 124 Å². The van der Waals surface area contributed by atoms with Gasteiger partial charge in [0, 0.05) is 43.0 Å². The Morgan fingerprint density at radius 2 is 1.95 bits per heavy atom. The van der Waals surface area contributed by atoms with Crippen LogP contribution in [0.4, 0.5) is 11.6 Å². The zero-order valence-corrected chi connectivity index (χ0v) is 13.1. The van der Waals surface area contributed by atoms with Crippen LogP contribution >= 0.6 is 0 Å². The highest BCUT2D eigenvalue weighted by molar-refractivity contribution is 6.04. The van der Waals surface area contributed by atoms with Crippen LogP contribution in [0, 0.1) is 0 Å². The van der Waals surface area contributed by atoms with Gasteiger partial charge in [0.15, 0.2) is 5.82 Å². The van der Waals surface area contributed by atoms with Crippen LogP contribution in [0.5, 0.6) is 0 Å². The van der Waals surface area contributed by atoms with Gasteiger partial charge in [-0.15, -0.1) is 0 Å².